The standard InChI is InChI=1S/C28H28N6O6S2/c1-41(37,38)32-26(35)20-17-31-34-24(20)30-16-21(25(34)29-15-19-7-3-2-4-8-19)27(36)33-13-11-28(12-14-33)18-42(39,40)23-10-6-5-9-22(23)28/h2-10,16-17,29H,11-15,18H2,1H3,(H,32,35). The molecule has 0 atom stereocenters. The molecule has 1 fully saturated rings. The predicted octanol–water partition coefficient (Wildman–Crippen LogP) is 1.99. The molecule has 1 spiro atoms. The van der Waals surface area contributed by atoms with Crippen LogP contribution in [0.1, 0.15) is 44.7 Å². The van der Waals surface area contributed by atoms with Gasteiger partial charge in [-0.1, -0.05) is 48.5 Å². The van der Waals surface area contributed by atoms with Crippen molar-refractivity contribution < 1.29 is 26.4 Å². The van der Waals surface area contributed by atoms with Crippen molar-refractivity contribution in [2.45, 2.75) is 29.7 Å². The highest BCUT2D eigenvalue weighted by atomic mass is 32.2. The maximum absolute atomic E-state index is 13.9. The fourth-order valence-electron chi connectivity index (χ4n) is 5.84. The van der Waals surface area contributed by atoms with Crippen molar-refractivity contribution in [3.63, 3.8) is 0 Å². The van der Waals surface area contributed by atoms with E-state index in [4.69, 9.17) is 0 Å². The largest absolute Gasteiger partial charge is 0.365 e. The predicted molar refractivity (Wildman–Crippen MR) is 154 cm³/mol. The molecule has 0 unspecified atom stereocenters. The summed E-state index contributed by atoms with van der Waals surface area (Å²) in [4.78, 5) is 32.9. The Morgan fingerprint density at radius 2 is 1.67 bits per heavy atom. The van der Waals surface area contributed by atoms with Gasteiger partial charge in [0.25, 0.3) is 11.8 Å². The van der Waals surface area contributed by atoms with Gasteiger partial charge < -0.3 is 10.2 Å². The number of nitrogens with zero attached hydrogens (tertiary/aromatic N) is 4. The first-order valence-electron chi connectivity index (χ1n) is 13.3. The molecule has 2 aromatic heterocycles. The van der Waals surface area contributed by atoms with E-state index in [1.165, 1.54) is 16.9 Å². The van der Waals surface area contributed by atoms with Gasteiger partial charge >= 0.3 is 0 Å². The summed E-state index contributed by atoms with van der Waals surface area (Å²) in [5.41, 5.74) is 1.45. The van der Waals surface area contributed by atoms with E-state index in [1.54, 1.807) is 17.0 Å². The summed E-state index contributed by atoms with van der Waals surface area (Å²) in [5, 5.41) is 7.52. The topological polar surface area (TPSA) is 160 Å². The minimum Gasteiger partial charge on any atom is -0.365 e. The second-order valence-electron chi connectivity index (χ2n) is 10.7. The summed E-state index contributed by atoms with van der Waals surface area (Å²) in [6, 6.07) is 16.6. The number of anilines is 1. The summed E-state index contributed by atoms with van der Waals surface area (Å²) >= 11 is 0. The Hall–Kier alpha value is -4.30. The zero-order chi connectivity index (χ0) is 29.7. The van der Waals surface area contributed by atoms with Crippen molar-refractivity contribution in [3.05, 3.63) is 89.2 Å². The third-order valence-corrected chi connectivity index (χ3v) is 10.4. The van der Waals surface area contributed by atoms with Crippen LogP contribution in [0.2, 0.25) is 0 Å². The Morgan fingerprint density at radius 3 is 2.38 bits per heavy atom. The van der Waals surface area contributed by atoms with Crippen molar-refractivity contribution in [3.8, 4) is 0 Å². The summed E-state index contributed by atoms with van der Waals surface area (Å²) in [7, 11) is -7.21. The maximum Gasteiger partial charge on any atom is 0.270 e. The van der Waals surface area contributed by atoms with Gasteiger partial charge in [-0.25, -0.2) is 26.5 Å². The summed E-state index contributed by atoms with van der Waals surface area (Å²) in [6.45, 7) is 1.03. The van der Waals surface area contributed by atoms with Crippen molar-refractivity contribution in [2.75, 3.05) is 30.4 Å². The van der Waals surface area contributed by atoms with Crippen LogP contribution in [0.4, 0.5) is 5.82 Å². The average molecular weight is 609 g/mol. The lowest BCUT2D eigenvalue weighted by Gasteiger charge is -2.39. The normalized spacial score (nSPS) is 17.2. The molecule has 6 rings (SSSR count). The maximum atomic E-state index is 13.9. The second kappa shape index (κ2) is 10.2. The smallest absolute Gasteiger partial charge is 0.270 e. The molecule has 2 aliphatic heterocycles. The third-order valence-electron chi connectivity index (χ3n) is 7.85. The van der Waals surface area contributed by atoms with Crippen LogP contribution in [0.15, 0.2) is 71.9 Å². The molecule has 4 heterocycles. The number of carbonyl (C=O) groups excluding carboxylic acids is 2. The van der Waals surface area contributed by atoms with Crippen LogP contribution in [-0.4, -0.2) is 73.2 Å². The van der Waals surface area contributed by atoms with Crippen LogP contribution >= 0.6 is 0 Å². The Bertz CT molecular complexity index is 1930. The summed E-state index contributed by atoms with van der Waals surface area (Å²) in [6.07, 6.45) is 4.41. The number of aromatic nitrogens is 3. The lowest BCUT2D eigenvalue weighted by molar-refractivity contribution is 0.0678. The average Bonchev–Trinajstić information content (AvgIpc) is 3.49. The number of hydrogen-bond donors (Lipinski definition) is 2. The third kappa shape index (κ3) is 5.00. The van der Waals surface area contributed by atoms with Crippen LogP contribution in [0, 0.1) is 0 Å². The van der Waals surface area contributed by atoms with Gasteiger partial charge in [-0.2, -0.15) is 9.61 Å². The number of nitrogens with one attached hydrogen (secondary N) is 2. The lowest BCUT2D eigenvalue weighted by atomic mass is 9.74. The van der Waals surface area contributed by atoms with Gasteiger partial charge in [0.05, 0.1) is 23.1 Å². The fraction of sp³-hybridized carbons (Fsp3) is 0.286. The Morgan fingerprint density at radius 1 is 0.976 bits per heavy atom. The van der Waals surface area contributed by atoms with Gasteiger partial charge in [0.1, 0.15) is 16.9 Å². The van der Waals surface area contributed by atoms with Crippen LogP contribution in [0.25, 0.3) is 5.65 Å². The number of sulfonamides is 1. The first kappa shape index (κ1) is 27.8. The molecule has 0 aliphatic carbocycles. The van der Waals surface area contributed by atoms with Crippen molar-refractivity contribution >= 4 is 43.1 Å². The SMILES string of the molecule is CS(=O)(=O)NC(=O)c1cnn2c(NCc3ccccc3)c(C(=O)N3CCC4(CC3)CS(=O)(=O)c3ccccc34)cnc12. The minimum absolute atomic E-state index is 0.0321. The van der Waals surface area contributed by atoms with Crippen molar-refractivity contribution in [2.24, 2.45) is 0 Å². The van der Waals surface area contributed by atoms with Crippen LogP contribution in [0.3, 0.4) is 0 Å². The van der Waals surface area contributed by atoms with Crippen LogP contribution in [0.5, 0.6) is 0 Å². The van der Waals surface area contributed by atoms with E-state index in [-0.39, 0.29) is 28.4 Å². The number of fused-ring (bicyclic) bond motifs is 3. The van der Waals surface area contributed by atoms with E-state index in [2.05, 4.69) is 15.4 Å². The van der Waals surface area contributed by atoms with Crippen LogP contribution < -0.4 is 10.0 Å². The van der Waals surface area contributed by atoms with Gasteiger partial charge in [-0.05, 0) is 30.0 Å². The number of amides is 2. The van der Waals surface area contributed by atoms with Crippen molar-refractivity contribution in [1.29, 1.82) is 0 Å². The molecule has 2 amide bonds. The highest BCUT2D eigenvalue weighted by molar-refractivity contribution is 7.91. The molecule has 12 nitrogen and oxygen atoms in total. The van der Waals surface area contributed by atoms with E-state index in [1.807, 2.05) is 47.2 Å². The monoisotopic (exact) mass is 608 g/mol. The number of hydrogen-bond acceptors (Lipinski definition) is 9. The van der Waals surface area contributed by atoms with Gasteiger partial charge in [-0.3, -0.25) is 9.59 Å². The summed E-state index contributed by atoms with van der Waals surface area (Å²) in [5.74, 6) is -0.881. The Labute approximate surface area is 242 Å². The summed E-state index contributed by atoms with van der Waals surface area (Å²) < 4.78 is 52.3. The van der Waals surface area contributed by atoms with E-state index in [9.17, 15) is 26.4 Å². The quantitative estimate of drug-likeness (QED) is 0.334. The van der Waals surface area contributed by atoms with Crippen molar-refractivity contribution in [1.82, 2.24) is 24.2 Å². The molecule has 14 heteroatoms. The zero-order valence-electron chi connectivity index (χ0n) is 22.6. The second-order valence-corrected chi connectivity index (χ2v) is 14.4. The lowest BCUT2D eigenvalue weighted by Crippen LogP contribution is -2.46. The van der Waals surface area contributed by atoms with E-state index >= 15 is 0 Å². The molecule has 218 valence electrons. The molecule has 0 bridgehead atoms. The minimum atomic E-state index is -3.82. The highest BCUT2D eigenvalue weighted by Gasteiger charge is 2.48. The Balaban J connectivity index is 1.31. The molecule has 0 saturated carbocycles. The molecule has 2 aliphatic rings. The number of rotatable bonds is 6. The molecular formula is C28H28N6O6S2. The van der Waals surface area contributed by atoms with Gasteiger partial charge in [0.15, 0.2) is 15.5 Å². The number of sulfone groups is 1. The molecule has 1 saturated heterocycles. The molecule has 0 radical (unpaired) electrons. The molecule has 42 heavy (non-hydrogen) atoms. The number of likely N-dealkylation sites (tertiary alicyclic amines) is 1. The van der Waals surface area contributed by atoms with Gasteiger partial charge in [0, 0.05) is 31.2 Å². The molecule has 2 N–H and O–H groups in total. The first-order chi connectivity index (χ1) is 20.0. The van der Waals surface area contributed by atoms with Crippen LogP contribution in [-0.2, 0) is 31.8 Å². The van der Waals surface area contributed by atoms with E-state index < -0.39 is 31.2 Å². The zero-order valence-corrected chi connectivity index (χ0v) is 24.3. The Kier molecular flexibility index (Phi) is 6.77. The molecule has 4 aromatic rings. The number of piperidine rings is 1. The van der Waals surface area contributed by atoms with Gasteiger partial charge in [0.2, 0.25) is 10.0 Å². The highest BCUT2D eigenvalue weighted by Crippen LogP contribution is 2.46. The number of carbonyl (C=O) groups is 2. The molecular weight excluding hydrogens is 580 g/mol. The first-order valence-corrected chi connectivity index (χ1v) is 16.8. The van der Waals surface area contributed by atoms with E-state index in [0.29, 0.717) is 43.2 Å². The molecule has 2 aromatic carbocycles. The fourth-order valence-corrected chi connectivity index (χ4v) is 8.52. The number of benzene rings is 2. The van der Waals surface area contributed by atoms with E-state index in [0.717, 1.165) is 17.4 Å². The van der Waals surface area contributed by atoms with Gasteiger partial charge in [-0.15, -0.1) is 0 Å².